The Balaban J connectivity index is 1.44. The molecule has 3 heterocycles. The third kappa shape index (κ3) is 5.00. The van der Waals surface area contributed by atoms with Crippen LogP contribution in [0.25, 0.3) is 10.9 Å². The van der Waals surface area contributed by atoms with Crippen molar-refractivity contribution in [3.63, 3.8) is 0 Å². The summed E-state index contributed by atoms with van der Waals surface area (Å²) >= 11 is 0. The van der Waals surface area contributed by atoms with Gasteiger partial charge in [0.1, 0.15) is 6.04 Å². The molecule has 1 atom stereocenters. The minimum Gasteiger partial charge on any atom is -0.480 e. The fourth-order valence-electron chi connectivity index (χ4n) is 5.00. The second kappa shape index (κ2) is 10.3. The number of carbonyl (C=O) groups is 2. The fourth-order valence-corrected chi connectivity index (χ4v) is 5.00. The van der Waals surface area contributed by atoms with Crippen LogP contribution in [0.15, 0.2) is 79.3 Å². The van der Waals surface area contributed by atoms with E-state index < -0.39 is 18.0 Å². The van der Waals surface area contributed by atoms with Gasteiger partial charge in [-0.2, -0.15) is 0 Å². The molecule has 5 rings (SSSR count). The van der Waals surface area contributed by atoms with Crippen LogP contribution in [0, 0.1) is 0 Å². The summed E-state index contributed by atoms with van der Waals surface area (Å²) in [7, 11) is 0. The van der Waals surface area contributed by atoms with Crippen LogP contribution in [0.3, 0.4) is 0 Å². The van der Waals surface area contributed by atoms with Gasteiger partial charge in [-0.3, -0.25) is 19.6 Å². The molecule has 0 spiro atoms. The molecule has 1 aliphatic heterocycles. The Morgan fingerprint density at radius 3 is 2.31 bits per heavy atom. The smallest absolute Gasteiger partial charge is 0.335 e. The Labute approximate surface area is 209 Å². The minimum absolute atomic E-state index is 0.178. The van der Waals surface area contributed by atoms with E-state index in [1.54, 1.807) is 24.4 Å². The average molecular weight is 485 g/mol. The van der Waals surface area contributed by atoms with Crippen molar-refractivity contribution in [2.75, 3.05) is 26.2 Å². The van der Waals surface area contributed by atoms with Crippen LogP contribution >= 0.6 is 0 Å². The SMILES string of the molecule is O=C(O)c1ccc2c(C(C(=O)O)N3CCN(Cc4cccnc4)CC3)cn(Cc3ccccc3)c2c1. The predicted octanol–water partition coefficient (Wildman–Crippen LogP) is 3.73. The number of hydrogen-bond acceptors (Lipinski definition) is 5. The van der Waals surface area contributed by atoms with Crippen LogP contribution in [0.5, 0.6) is 0 Å². The van der Waals surface area contributed by atoms with Gasteiger partial charge in [-0.15, -0.1) is 0 Å². The van der Waals surface area contributed by atoms with E-state index in [0.717, 1.165) is 41.7 Å². The van der Waals surface area contributed by atoms with E-state index in [2.05, 4.69) is 9.88 Å². The molecule has 8 nitrogen and oxygen atoms in total. The van der Waals surface area contributed by atoms with Crippen molar-refractivity contribution in [3.05, 3.63) is 102 Å². The molecule has 0 aliphatic carbocycles. The van der Waals surface area contributed by atoms with E-state index in [4.69, 9.17) is 0 Å². The maximum absolute atomic E-state index is 12.6. The molecule has 2 aromatic heterocycles. The lowest BCUT2D eigenvalue weighted by molar-refractivity contribution is -0.144. The van der Waals surface area contributed by atoms with Gasteiger partial charge in [0.05, 0.1) is 5.56 Å². The van der Waals surface area contributed by atoms with E-state index in [9.17, 15) is 19.8 Å². The molecule has 4 aromatic rings. The lowest BCUT2D eigenvalue weighted by atomic mass is 10.0. The number of carboxylic acids is 2. The number of fused-ring (bicyclic) bond motifs is 1. The lowest BCUT2D eigenvalue weighted by Crippen LogP contribution is -2.48. The molecule has 0 radical (unpaired) electrons. The van der Waals surface area contributed by atoms with Gasteiger partial charge in [0.15, 0.2) is 0 Å². The molecule has 1 fully saturated rings. The van der Waals surface area contributed by atoms with Gasteiger partial charge in [0.25, 0.3) is 0 Å². The van der Waals surface area contributed by atoms with Crippen molar-refractivity contribution < 1.29 is 19.8 Å². The number of benzene rings is 2. The molecule has 184 valence electrons. The van der Waals surface area contributed by atoms with Crippen molar-refractivity contribution in [1.82, 2.24) is 19.4 Å². The van der Waals surface area contributed by atoms with Gasteiger partial charge in [-0.25, -0.2) is 4.79 Å². The van der Waals surface area contributed by atoms with Gasteiger partial charge >= 0.3 is 11.9 Å². The summed E-state index contributed by atoms with van der Waals surface area (Å²) in [6.45, 7) is 4.06. The molecule has 8 heteroatoms. The topological polar surface area (TPSA) is 98.9 Å². The summed E-state index contributed by atoms with van der Waals surface area (Å²) < 4.78 is 1.96. The number of hydrogen-bond donors (Lipinski definition) is 2. The highest BCUT2D eigenvalue weighted by Gasteiger charge is 2.33. The molecule has 36 heavy (non-hydrogen) atoms. The summed E-state index contributed by atoms with van der Waals surface area (Å²) in [6.07, 6.45) is 5.50. The van der Waals surface area contributed by atoms with E-state index >= 15 is 0 Å². The Hall–Kier alpha value is -4.01. The quantitative estimate of drug-likeness (QED) is 0.393. The monoisotopic (exact) mass is 484 g/mol. The normalized spacial score (nSPS) is 15.7. The van der Waals surface area contributed by atoms with Crippen LogP contribution in [0.2, 0.25) is 0 Å². The zero-order chi connectivity index (χ0) is 25.1. The number of rotatable bonds is 8. The third-order valence-corrected chi connectivity index (χ3v) is 6.79. The lowest BCUT2D eigenvalue weighted by Gasteiger charge is -2.37. The van der Waals surface area contributed by atoms with Gasteiger partial charge < -0.3 is 14.8 Å². The highest BCUT2D eigenvalue weighted by molar-refractivity contribution is 5.96. The van der Waals surface area contributed by atoms with E-state index in [-0.39, 0.29) is 5.56 Å². The number of aromatic nitrogens is 2. The fraction of sp³-hybridized carbons (Fsp3) is 0.250. The molecule has 0 saturated carbocycles. The van der Waals surface area contributed by atoms with Gasteiger partial charge in [-0.1, -0.05) is 42.5 Å². The first-order chi connectivity index (χ1) is 17.5. The third-order valence-electron chi connectivity index (χ3n) is 6.79. The molecular weight excluding hydrogens is 456 g/mol. The second-order valence-corrected chi connectivity index (χ2v) is 9.15. The Morgan fingerprint density at radius 2 is 1.64 bits per heavy atom. The van der Waals surface area contributed by atoms with Crippen molar-refractivity contribution >= 4 is 22.8 Å². The molecule has 1 aliphatic rings. The van der Waals surface area contributed by atoms with Gasteiger partial charge in [0, 0.05) is 74.3 Å². The van der Waals surface area contributed by atoms with Crippen LogP contribution < -0.4 is 0 Å². The largest absolute Gasteiger partial charge is 0.480 e. The molecule has 0 amide bonds. The summed E-state index contributed by atoms with van der Waals surface area (Å²) in [6, 6.07) is 17.9. The minimum atomic E-state index is -1.01. The average Bonchev–Trinajstić information content (AvgIpc) is 3.23. The van der Waals surface area contributed by atoms with Crippen molar-refractivity contribution in [3.8, 4) is 0 Å². The number of piperazine rings is 1. The van der Waals surface area contributed by atoms with Crippen molar-refractivity contribution in [2.45, 2.75) is 19.1 Å². The highest BCUT2D eigenvalue weighted by atomic mass is 16.4. The molecule has 1 saturated heterocycles. The maximum Gasteiger partial charge on any atom is 0.335 e. The summed E-state index contributed by atoms with van der Waals surface area (Å²) in [5.74, 6) is -1.91. The van der Waals surface area contributed by atoms with Crippen molar-refractivity contribution in [1.29, 1.82) is 0 Å². The van der Waals surface area contributed by atoms with Gasteiger partial charge in [-0.05, 0) is 29.3 Å². The maximum atomic E-state index is 12.6. The Morgan fingerprint density at radius 1 is 0.889 bits per heavy atom. The summed E-state index contributed by atoms with van der Waals surface area (Å²) in [5, 5.41) is 20.6. The second-order valence-electron chi connectivity index (χ2n) is 9.15. The first-order valence-electron chi connectivity index (χ1n) is 12.0. The number of pyridine rings is 1. The van der Waals surface area contributed by atoms with Gasteiger partial charge in [0.2, 0.25) is 0 Å². The number of aromatic carboxylic acids is 1. The van der Waals surface area contributed by atoms with Crippen LogP contribution in [-0.2, 0) is 17.9 Å². The number of carboxylic acid groups (broad SMARTS) is 2. The standard InChI is InChI=1S/C28H28N4O4/c33-27(34)22-8-9-23-24(19-32(25(23)15-22)18-20-5-2-1-3-6-20)26(28(35)36)31-13-11-30(12-14-31)17-21-7-4-10-29-16-21/h1-10,15-16,19,26H,11-14,17-18H2,(H,33,34)(H,35,36). The highest BCUT2D eigenvalue weighted by Crippen LogP contribution is 2.32. The first-order valence-corrected chi connectivity index (χ1v) is 12.0. The van der Waals surface area contributed by atoms with Crippen LogP contribution in [0.1, 0.15) is 33.1 Å². The molecule has 2 aromatic carbocycles. The molecule has 2 N–H and O–H groups in total. The number of aliphatic carboxylic acids is 1. The van der Waals surface area contributed by atoms with E-state index in [1.807, 2.05) is 64.3 Å². The Bertz CT molecular complexity index is 1360. The summed E-state index contributed by atoms with van der Waals surface area (Å²) in [5.41, 5.74) is 3.77. The predicted molar refractivity (Wildman–Crippen MR) is 136 cm³/mol. The van der Waals surface area contributed by atoms with E-state index in [1.165, 1.54) is 0 Å². The Kier molecular flexibility index (Phi) is 6.79. The van der Waals surface area contributed by atoms with E-state index in [0.29, 0.717) is 25.2 Å². The van der Waals surface area contributed by atoms with Crippen LogP contribution in [-0.4, -0.2) is 67.7 Å². The molecular formula is C28H28N4O4. The first kappa shape index (κ1) is 23.7. The zero-order valence-electron chi connectivity index (χ0n) is 19.8. The zero-order valence-corrected chi connectivity index (χ0v) is 19.8. The van der Waals surface area contributed by atoms with Crippen molar-refractivity contribution in [2.24, 2.45) is 0 Å². The number of nitrogens with zero attached hydrogens (tertiary/aromatic N) is 4. The van der Waals surface area contributed by atoms with Crippen LogP contribution in [0.4, 0.5) is 0 Å². The molecule has 1 unspecified atom stereocenters. The summed E-state index contributed by atoms with van der Waals surface area (Å²) in [4.78, 5) is 32.7. The molecule has 0 bridgehead atoms.